The van der Waals surface area contributed by atoms with Gasteiger partial charge >= 0.3 is 0 Å². The predicted octanol–water partition coefficient (Wildman–Crippen LogP) is 3.43. The lowest BCUT2D eigenvalue weighted by Gasteiger charge is -2.30. The van der Waals surface area contributed by atoms with E-state index in [1.54, 1.807) is 39.5 Å². The Hall–Kier alpha value is -3.66. The third-order valence-electron chi connectivity index (χ3n) is 6.13. The van der Waals surface area contributed by atoms with Crippen LogP contribution in [0.3, 0.4) is 0 Å². The molecule has 0 radical (unpaired) electrons. The molecule has 1 aliphatic rings. The molecule has 0 bridgehead atoms. The van der Waals surface area contributed by atoms with Gasteiger partial charge in [0.2, 0.25) is 23.4 Å². The minimum atomic E-state index is -0.313. The summed E-state index contributed by atoms with van der Waals surface area (Å²) in [6.07, 6.45) is 1.46. The van der Waals surface area contributed by atoms with Gasteiger partial charge in [-0.2, -0.15) is 4.98 Å². The number of likely N-dealkylation sites (tertiary alicyclic amines) is 1. The van der Waals surface area contributed by atoms with Gasteiger partial charge in [-0.1, -0.05) is 5.16 Å². The highest BCUT2D eigenvalue weighted by molar-refractivity contribution is 5.79. The van der Waals surface area contributed by atoms with Crippen LogP contribution in [0.15, 0.2) is 40.9 Å². The largest absolute Gasteiger partial charge is 0.493 e. The minimum Gasteiger partial charge on any atom is -0.493 e. The fourth-order valence-electron chi connectivity index (χ4n) is 4.21. The smallest absolute Gasteiger partial charge is 0.241 e. The maximum Gasteiger partial charge on any atom is 0.241 e. The molecule has 1 fully saturated rings. The zero-order chi connectivity index (χ0) is 24.8. The molecular weight excluding hydrogens is 455 g/mol. The van der Waals surface area contributed by atoms with Gasteiger partial charge in [0.05, 0.1) is 27.9 Å². The molecule has 0 aliphatic carbocycles. The van der Waals surface area contributed by atoms with E-state index in [-0.39, 0.29) is 17.6 Å². The van der Waals surface area contributed by atoms with Crippen LogP contribution in [0.1, 0.15) is 24.3 Å². The van der Waals surface area contributed by atoms with E-state index in [4.69, 9.17) is 18.7 Å². The number of nitrogens with one attached hydrogen (secondary N) is 1. The maximum absolute atomic E-state index is 13.1. The first-order chi connectivity index (χ1) is 17.0. The number of carbonyl (C=O) groups excluding carboxylic acids is 1. The number of halogens is 1. The zero-order valence-corrected chi connectivity index (χ0v) is 20.0. The number of carbonyl (C=O) groups is 1. The molecule has 4 rings (SSSR count). The monoisotopic (exact) mass is 484 g/mol. The second-order valence-corrected chi connectivity index (χ2v) is 8.28. The highest BCUT2D eigenvalue weighted by Crippen LogP contribution is 2.39. The van der Waals surface area contributed by atoms with Gasteiger partial charge in [-0.3, -0.25) is 9.69 Å². The van der Waals surface area contributed by atoms with E-state index in [1.807, 2.05) is 6.07 Å². The molecule has 1 aromatic heterocycles. The van der Waals surface area contributed by atoms with Crippen molar-refractivity contribution < 1.29 is 27.9 Å². The van der Waals surface area contributed by atoms with Crippen LogP contribution in [0.25, 0.3) is 11.4 Å². The Morgan fingerprint density at radius 1 is 1.06 bits per heavy atom. The van der Waals surface area contributed by atoms with Crippen molar-refractivity contribution in [2.24, 2.45) is 5.92 Å². The summed E-state index contributed by atoms with van der Waals surface area (Å²) in [7, 11) is 4.67. The number of aromatic nitrogens is 2. The van der Waals surface area contributed by atoms with Crippen molar-refractivity contribution in [1.29, 1.82) is 0 Å². The number of ether oxygens (including phenoxy) is 3. The van der Waals surface area contributed by atoms with Crippen LogP contribution in [0.5, 0.6) is 17.2 Å². The third-order valence-corrected chi connectivity index (χ3v) is 6.13. The summed E-state index contributed by atoms with van der Waals surface area (Å²) in [5.41, 5.74) is 1.51. The van der Waals surface area contributed by atoms with E-state index < -0.39 is 0 Å². The van der Waals surface area contributed by atoms with Gasteiger partial charge in [0.1, 0.15) is 5.82 Å². The Bertz CT molecular complexity index is 1140. The van der Waals surface area contributed by atoms with Gasteiger partial charge in [0, 0.05) is 23.6 Å². The number of benzene rings is 2. The second-order valence-electron chi connectivity index (χ2n) is 8.28. The zero-order valence-electron chi connectivity index (χ0n) is 20.0. The number of piperidine rings is 1. The van der Waals surface area contributed by atoms with Crippen LogP contribution in [0.4, 0.5) is 4.39 Å². The maximum atomic E-state index is 13.1. The molecule has 1 amide bonds. The first-order valence-corrected chi connectivity index (χ1v) is 11.4. The van der Waals surface area contributed by atoms with Gasteiger partial charge in [-0.05, 0) is 62.3 Å². The first-order valence-electron chi connectivity index (χ1n) is 11.4. The van der Waals surface area contributed by atoms with Gasteiger partial charge in [0.25, 0.3) is 0 Å². The highest BCUT2D eigenvalue weighted by Gasteiger charge is 2.26. The van der Waals surface area contributed by atoms with Crippen molar-refractivity contribution in [3.05, 3.63) is 53.7 Å². The fourth-order valence-corrected chi connectivity index (χ4v) is 4.21. The van der Waals surface area contributed by atoms with E-state index in [0.717, 1.165) is 31.5 Å². The number of rotatable bonds is 9. The van der Waals surface area contributed by atoms with Crippen molar-refractivity contribution in [2.75, 3.05) is 34.4 Å². The lowest BCUT2D eigenvalue weighted by atomic mass is 9.96. The van der Waals surface area contributed by atoms with Gasteiger partial charge in [0.15, 0.2) is 11.5 Å². The van der Waals surface area contributed by atoms with Crippen molar-refractivity contribution in [2.45, 2.75) is 25.9 Å². The number of methoxy groups -OCH3 is 3. The van der Waals surface area contributed by atoms with E-state index in [2.05, 4.69) is 20.4 Å². The molecule has 2 aromatic carbocycles. The van der Waals surface area contributed by atoms with Crippen LogP contribution in [0.2, 0.25) is 0 Å². The molecule has 0 unspecified atom stereocenters. The van der Waals surface area contributed by atoms with Crippen molar-refractivity contribution in [1.82, 2.24) is 20.4 Å². The van der Waals surface area contributed by atoms with Crippen LogP contribution in [-0.4, -0.2) is 55.4 Å². The van der Waals surface area contributed by atoms with Crippen molar-refractivity contribution >= 4 is 5.91 Å². The Labute approximate surface area is 203 Å². The summed E-state index contributed by atoms with van der Waals surface area (Å²) in [4.78, 5) is 19.4. The molecule has 1 N–H and O–H groups in total. The van der Waals surface area contributed by atoms with E-state index in [9.17, 15) is 9.18 Å². The molecule has 0 saturated carbocycles. The van der Waals surface area contributed by atoms with Crippen molar-refractivity contribution in [3.8, 4) is 28.6 Å². The molecule has 9 nitrogen and oxygen atoms in total. The number of hydrogen-bond donors (Lipinski definition) is 1. The first kappa shape index (κ1) is 24.5. The molecule has 1 aliphatic heterocycles. The Morgan fingerprint density at radius 3 is 2.43 bits per heavy atom. The summed E-state index contributed by atoms with van der Waals surface area (Å²) in [6, 6.07) is 9.61. The summed E-state index contributed by atoms with van der Waals surface area (Å²) >= 11 is 0. The minimum absolute atomic E-state index is 0.0119. The topological polar surface area (TPSA) is 99.0 Å². The average molecular weight is 485 g/mol. The Kier molecular flexibility index (Phi) is 7.81. The lowest BCUT2D eigenvalue weighted by molar-refractivity contribution is -0.126. The fraction of sp³-hybridized carbons (Fsp3) is 0.400. The van der Waals surface area contributed by atoms with Crippen molar-refractivity contribution in [3.63, 3.8) is 0 Å². The summed E-state index contributed by atoms with van der Waals surface area (Å²) in [5, 5.41) is 7.01. The number of nitrogens with zero attached hydrogens (tertiary/aromatic N) is 3. The molecule has 1 saturated heterocycles. The molecule has 0 spiro atoms. The standard InChI is InChI=1S/C25H29FN4O5/c1-32-20-9-6-18(22(33-2)23(20)34-3)14-27-25(31)17-10-12-30(13-11-17)15-21-28-24(29-35-21)16-4-7-19(26)8-5-16/h4-9,17H,10-15H2,1-3H3,(H,27,31). The van der Waals surface area contributed by atoms with Crippen LogP contribution >= 0.6 is 0 Å². The quantitative estimate of drug-likeness (QED) is 0.493. The van der Waals surface area contributed by atoms with Crippen LogP contribution < -0.4 is 19.5 Å². The van der Waals surface area contributed by atoms with Gasteiger partial charge in [-0.15, -0.1) is 0 Å². The van der Waals surface area contributed by atoms with Gasteiger partial charge in [-0.25, -0.2) is 4.39 Å². The predicted molar refractivity (Wildman–Crippen MR) is 126 cm³/mol. The summed E-state index contributed by atoms with van der Waals surface area (Å²) in [5.74, 6) is 2.16. The third kappa shape index (κ3) is 5.71. The summed E-state index contributed by atoms with van der Waals surface area (Å²) < 4.78 is 34.7. The van der Waals surface area contributed by atoms with Crippen LogP contribution in [0, 0.1) is 11.7 Å². The Balaban J connectivity index is 1.28. The molecular formula is C25H29FN4O5. The molecule has 186 valence electrons. The molecule has 3 aromatic rings. The second kappa shape index (κ2) is 11.2. The van der Waals surface area contributed by atoms with Gasteiger partial charge < -0.3 is 24.1 Å². The van der Waals surface area contributed by atoms with Crippen LogP contribution in [-0.2, 0) is 17.9 Å². The van der Waals surface area contributed by atoms with E-state index in [1.165, 1.54) is 12.1 Å². The number of hydrogen-bond acceptors (Lipinski definition) is 8. The Morgan fingerprint density at radius 2 is 1.77 bits per heavy atom. The average Bonchev–Trinajstić information content (AvgIpc) is 3.35. The SMILES string of the molecule is COc1ccc(CNC(=O)C2CCN(Cc3nc(-c4ccc(F)cc4)no3)CC2)c(OC)c1OC. The molecule has 10 heteroatoms. The normalized spacial score (nSPS) is 14.5. The molecule has 2 heterocycles. The van der Waals surface area contributed by atoms with E-state index >= 15 is 0 Å². The lowest BCUT2D eigenvalue weighted by Crippen LogP contribution is -2.40. The van der Waals surface area contributed by atoms with E-state index in [0.29, 0.717) is 47.6 Å². The highest BCUT2D eigenvalue weighted by atomic mass is 19.1. The molecule has 35 heavy (non-hydrogen) atoms. The molecule has 0 atom stereocenters. The summed E-state index contributed by atoms with van der Waals surface area (Å²) in [6.45, 7) is 2.32. The number of amides is 1.